The number of urea groups is 1. The molecule has 116 valence electrons. The van der Waals surface area contributed by atoms with Gasteiger partial charge in [0.15, 0.2) is 0 Å². The Hall–Kier alpha value is -2.37. The number of hydrogen-bond acceptors (Lipinski definition) is 2. The van der Waals surface area contributed by atoms with E-state index in [4.69, 9.17) is 0 Å². The van der Waals surface area contributed by atoms with E-state index in [9.17, 15) is 9.18 Å². The van der Waals surface area contributed by atoms with Crippen molar-refractivity contribution in [1.82, 2.24) is 20.4 Å². The molecule has 5 nitrogen and oxygen atoms in total. The van der Waals surface area contributed by atoms with Crippen molar-refractivity contribution in [2.45, 2.75) is 31.8 Å². The van der Waals surface area contributed by atoms with Crippen molar-refractivity contribution < 1.29 is 9.18 Å². The summed E-state index contributed by atoms with van der Waals surface area (Å²) >= 11 is 0. The molecule has 3 rings (SSSR count). The minimum absolute atomic E-state index is 0.00525. The van der Waals surface area contributed by atoms with Gasteiger partial charge in [-0.15, -0.1) is 0 Å². The lowest BCUT2D eigenvalue weighted by Gasteiger charge is -2.24. The molecule has 0 saturated heterocycles. The van der Waals surface area contributed by atoms with E-state index in [0.29, 0.717) is 6.54 Å². The van der Waals surface area contributed by atoms with Crippen LogP contribution in [0.15, 0.2) is 30.5 Å². The van der Waals surface area contributed by atoms with Gasteiger partial charge in [0.2, 0.25) is 0 Å². The van der Waals surface area contributed by atoms with Gasteiger partial charge in [-0.3, -0.25) is 4.68 Å². The molecule has 2 amide bonds. The van der Waals surface area contributed by atoms with Gasteiger partial charge >= 0.3 is 6.03 Å². The molecule has 1 atom stereocenters. The first kappa shape index (κ1) is 14.6. The van der Waals surface area contributed by atoms with Crippen LogP contribution >= 0.6 is 0 Å². The predicted molar refractivity (Wildman–Crippen MR) is 80.7 cm³/mol. The maximum absolute atomic E-state index is 12.8. The summed E-state index contributed by atoms with van der Waals surface area (Å²) in [6.07, 6.45) is 4.79. The molecular formula is C16H19FN4O. The Morgan fingerprint density at radius 1 is 1.41 bits per heavy atom. The van der Waals surface area contributed by atoms with Crippen molar-refractivity contribution in [3.63, 3.8) is 0 Å². The Morgan fingerprint density at radius 2 is 2.18 bits per heavy atom. The smallest absolute Gasteiger partial charge is 0.315 e. The van der Waals surface area contributed by atoms with Crippen LogP contribution in [0.3, 0.4) is 0 Å². The van der Waals surface area contributed by atoms with Crippen molar-refractivity contribution in [3.8, 4) is 0 Å². The second kappa shape index (κ2) is 6.17. The van der Waals surface area contributed by atoms with Crippen LogP contribution in [0.4, 0.5) is 9.18 Å². The minimum Gasteiger partial charge on any atom is -0.334 e. The number of benzene rings is 1. The van der Waals surface area contributed by atoms with E-state index in [1.54, 1.807) is 12.1 Å². The van der Waals surface area contributed by atoms with Gasteiger partial charge in [0.1, 0.15) is 5.82 Å². The van der Waals surface area contributed by atoms with Crippen LogP contribution in [0.1, 0.15) is 35.7 Å². The predicted octanol–water partition coefficient (Wildman–Crippen LogP) is 2.44. The van der Waals surface area contributed by atoms with Crippen LogP contribution in [0.25, 0.3) is 0 Å². The molecule has 0 radical (unpaired) electrons. The second-order valence-corrected chi connectivity index (χ2v) is 5.57. The third-order valence-electron chi connectivity index (χ3n) is 4.05. The quantitative estimate of drug-likeness (QED) is 0.915. The Bertz CT molecular complexity index is 665. The molecule has 1 aliphatic carbocycles. The molecule has 0 aliphatic heterocycles. The molecule has 1 aliphatic rings. The summed E-state index contributed by atoms with van der Waals surface area (Å²) in [5, 5.41) is 10.1. The number of halogens is 1. The SMILES string of the molecule is Cn1ncc2c1CCC[C@@H]2NC(=O)NCc1ccc(F)cc1. The fourth-order valence-electron chi connectivity index (χ4n) is 2.85. The van der Waals surface area contributed by atoms with Crippen LogP contribution in [0.2, 0.25) is 0 Å². The van der Waals surface area contributed by atoms with Crippen molar-refractivity contribution in [3.05, 3.63) is 53.1 Å². The molecule has 1 aromatic heterocycles. The standard InChI is InChI=1S/C16H19FN4O/c1-21-15-4-2-3-14(13(15)10-19-21)20-16(22)18-9-11-5-7-12(17)8-6-11/h5-8,10,14H,2-4,9H2,1H3,(H2,18,20,22)/t14-/m0/s1. The topological polar surface area (TPSA) is 59.0 Å². The number of rotatable bonds is 3. The highest BCUT2D eigenvalue weighted by molar-refractivity contribution is 5.74. The van der Waals surface area contributed by atoms with E-state index < -0.39 is 0 Å². The van der Waals surface area contributed by atoms with Gasteiger partial charge in [-0.2, -0.15) is 5.10 Å². The average Bonchev–Trinajstić information content (AvgIpc) is 2.90. The van der Waals surface area contributed by atoms with Gasteiger partial charge in [-0.05, 0) is 37.0 Å². The van der Waals surface area contributed by atoms with Crippen molar-refractivity contribution in [1.29, 1.82) is 0 Å². The number of aromatic nitrogens is 2. The first-order valence-electron chi connectivity index (χ1n) is 7.43. The maximum Gasteiger partial charge on any atom is 0.315 e. The summed E-state index contributed by atoms with van der Waals surface area (Å²) in [5.41, 5.74) is 3.16. The number of amides is 2. The van der Waals surface area contributed by atoms with Gasteiger partial charge in [0, 0.05) is 24.8 Å². The van der Waals surface area contributed by atoms with Gasteiger partial charge in [0.25, 0.3) is 0 Å². The number of carbonyl (C=O) groups is 1. The summed E-state index contributed by atoms with van der Waals surface area (Å²) in [7, 11) is 1.93. The number of hydrogen-bond donors (Lipinski definition) is 2. The molecule has 0 fully saturated rings. The highest BCUT2D eigenvalue weighted by Gasteiger charge is 2.24. The summed E-state index contributed by atoms with van der Waals surface area (Å²) < 4.78 is 14.7. The molecule has 0 unspecified atom stereocenters. The van der Waals surface area contributed by atoms with Crippen LogP contribution in [-0.2, 0) is 20.0 Å². The zero-order valence-corrected chi connectivity index (χ0v) is 12.5. The minimum atomic E-state index is -0.278. The average molecular weight is 302 g/mol. The number of fused-ring (bicyclic) bond motifs is 1. The number of nitrogens with zero attached hydrogens (tertiary/aromatic N) is 2. The first-order valence-corrected chi connectivity index (χ1v) is 7.43. The van der Waals surface area contributed by atoms with Crippen molar-refractivity contribution >= 4 is 6.03 Å². The van der Waals surface area contributed by atoms with Crippen LogP contribution in [0, 0.1) is 5.82 Å². The second-order valence-electron chi connectivity index (χ2n) is 5.57. The third kappa shape index (κ3) is 3.10. The lowest BCUT2D eigenvalue weighted by molar-refractivity contribution is 0.235. The third-order valence-corrected chi connectivity index (χ3v) is 4.05. The van der Waals surface area contributed by atoms with E-state index in [-0.39, 0.29) is 17.9 Å². The molecule has 0 spiro atoms. The highest BCUT2D eigenvalue weighted by Crippen LogP contribution is 2.28. The lowest BCUT2D eigenvalue weighted by Crippen LogP contribution is -2.38. The molecular weight excluding hydrogens is 283 g/mol. The van der Waals surface area contributed by atoms with E-state index in [2.05, 4.69) is 15.7 Å². The molecule has 0 saturated carbocycles. The van der Waals surface area contributed by atoms with Gasteiger partial charge in [-0.25, -0.2) is 9.18 Å². The van der Waals surface area contributed by atoms with Crippen molar-refractivity contribution in [2.75, 3.05) is 0 Å². The first-order chi connectivity index (χ1) is 10.6. The molecule has 22 heavy (non-hydrogen) atoms. The fraction of sp³-hybridized carbons (Fsp3) is 0.375. The number of carbonyl (C=O) groups excluding carboxylic acids is 1. The van der Waals surface area contributed by atoms with Gasteiger partial charge in [0.05, 0.1) is 12.2 Å². The summed E-state index contributed by atoms with van der Waals surface area (Å²) in [6, 6.07) is 5.89. The highest BCUT2D eigenvalue weighted by atomic mass is 19.1. The van der Waals surface area contributed by atoms with Crippen molar-refractivity contribution in [2.24, 2.45) is 7.05 Å². The lowest BCUT2D eigenvalue weighted by atomic mass is 9.93. The Labute approximate surface area is 128 Å². The monoisotopic (exact) mass is 302 g/mol. The Kier molecular flexibility index (Phi) is 4.09. The van der Waals surface area contributed by atoms with Crippen LogP contribution in [0.5, 0.6) is 0 Å². The Balaban J connectivity index is 1.57. The summed E-state index contributed by atoms with van der Waals surface area (Å²) in [6.45, 7) is 0.374. The zero-order valence-electron chi connectivity index (χ0n) is 12.5. The van der Waals surface area contributed by atoms with E-state index in [0.717, 1.165) is 30.4 Å². The van der Waals surface area contributed by atoms with Gasteiger partial charge < -0.3 is 10.6 Å². The molecule has 0 bridgehead atoms. The zero-order chi connectivity index (χ0) is 15.5. The largest absolute Gasteiger partial charge is 0.334 e. The summed E-state index contributed by atoms with van der Waals surface area (Å²) in [4.78, 5) is 12.0. The molecule has 2 aromatic rings. The number of nitrogens with one attached hydrogen (secondary N) is 2. The van der Waals surface area contributed by atoms with E-state index in [1.165, 1.54) is 17.8 Å². The fourth-order valence-corrected chi connectivity index (χ4v) is 2.85. The molecule has 6 heteroatoms. The Morgan fingerprint density at radius 3 is 2.95 bits per heavy atom. The maximum atomic E-state index is 12.8. The molecule has 1 aromatic carbocycles. The normalized spacial score (nSPS) is 16.9. The van der Waals surface area contributed by atoms with Gasteiger partial charge in [-0.1, -0.05) is 12.1 Å². The molecule has 2 N–H and O–H groups in total. The summed E-state index contributed by atoms with van der Waals surface area (Å²) in [5.74, 6) is -0.278. The van der Waals surface area contributed by atoms with E-state index >= 15 is 0 Å². The number of aryl methyl sites for hydroxylation is 1. The molecule has 1 heterocycles. The van der Waals surface area contributed by atoms with E-state index in [1.807, 2.05) is 17.9 Å². The van der Waals surface area contributed by atoms with Crippen LogP contribution in [-0.4, -0.2) is 15.8 Å². The van der Waals surface area contributed by atoms with Crippen LogP contribution < -0.4 is 10.6 Å².